The lowest BCUT2D eigenvalue weighted by molar-refractivity contribution is 0.403. The topological polar surface area (TPSA) is 21.3 Å². The van der Waals surface area contributed by atoms with E-state index in [1.165, 1.54) is 6.07 Å². The highest BCUT2D eigenvalue weighted by Crippen LogP contribution is 2.34. The highest BCUT2D eigenvalue weighted by atomic mass is 79.9. The van der Waals surface area contributed by atoms with Crippen LogP contribution in [-0.4, -0.2) is 13.7 Å². The van der Waals surface area contributed by atoms with Crippen molar-refractivity contribution in [3.05, 3.63) is 62.8 Å². The Balaban J connectivity index is 2.55. The first-order valence-corrected chi connectivity index (χ1v) is 7.75. The molecule has 1 unspecified atom stereocenters. The second-order valence-corrected chi connectivity index (χ2v) is 5.89. The van der Waals surface area contributed by atoms with E-state index in [1.54, 1.807) is 19.2 Å². The SMILES string of the molecule is CCNC(c1ccc(Cl)cc1F)c1cc(Br)ccc1OC. The molecule has 2 rings (SSSR count). The van der Waals surface area contributed by atoms with E-state index in [1.807, 2.05) is 25.1 Å². The molecule has 2 aromatic carbocycles. The summed E-state index contributed by atoms with van der Waals surface area (Å²) in [6.07, 6.45) is 0. The van der Waals surface area contributed by atoms with Gasteiger partial charge in [-0.3, -0.25) is 0 Å². The fourth-order valence-electron chi connectivity index (χ4n) is 2.26. The quantitative estimate of drug-likeness (QED) is 0.802. The van der Waals surface area contributed by atoms with Gasteiger partial charge in [-0.25, -0.2) is 4.39 Å². The molecular formula is C16H16BrClFNO. The average Bonchev–Trinajstić information content (AvgIpc) is 2.45. The summed E-state index contributed by atoms with van der Waals surface area (Å²) in [5.74, 6) is 0.369. The lowest BCUT2D eigenvalue weighted by Crippen LogP contribution is -2.23. The van der Waals surface area contributed by atoms with Crippen molar-refractivity contribution in [3.8, 4) is 5.75 Å². The number of hydrogen-bond donors (Lipinski definition) is 1. The van der Waals surface area contributed by atoms with Gasteiger partial charge in [-0.05, 0) is 36.9 Å². The number of benzene rings is 2. The molecule has 0 aliphatic heterocycles. The average molecular weight is 373 g/mol. The zero-order valence-electron chi connectivity index (χ0n) is 11.8. The Hall–Kier alpha value is -1.10. The van der Waals surface area contributed by atoms with Crippen LogP contribution < -0.4 is 10.1 Å². The molecule has 0 fully saturated rings. The molecule has 0 saturated heterocycles. The highest BCUT2D eigenvalue weighted by Gasteiger charge is 2.21. The van der Waals surface area contributed by atoms with Gasteiger partial charge in [-0.2, -0.15) is 0 Å². The lowest BCUT2D eigenvalue weighted by Gasteiger charge is -2.22. The molecule has 0 heterocycles. The first kappa shape index (κ1) is 16.3. The Labute approximate surface area is 137 Å². The molecule has 21 heavy (non-hydrogen) atoms. The van der Waals surface area contributed by atoms with E-state index in [9.17, 15) is 4.39 Å². The molecule has 0 aliphatic rings. The highest BCUT2D eigenvalue weighted by molar-refractivity contribution is 9.10. The van der Waals surface area contributed by atoms with Gasteiger partial charge < -0.3 is 10.1 Å². The molecule has 2 aromatic rings. The van der Waals surface area contributed by atoms with E-state index in [0.29, 0.717) is 22.9 Å². The Bertz CT molecular complexity index is 636. The van der Waals surface area contributed by atoms with Crippen molar-refractivity contribution >= 4 is 27.5 Å². The Morgan fingerprint density at radius 3 is 2.62 bits per heavy atom. The van der Waals surface area contributed by atoms with Crippen LogP contribution in [0.2, 0.25) is 5.02 Å². The predicted octanol–water partition coefficient (Wildman–Crippen LogP) is 4.95. The summed E-state index contributed by atoms with van der Waals surface area (Å²) in [5, 5.41) is 3.68. The predicted molar refractivity (Wildman–Crippen MR) is 87.6 cm³/mol. The largest absolute Gasteiger partial charge is 0.496 e. The van der Waals surface area contributed by atoms with E-state index >= 15 is 0 Å². The van der Waals surface area contributed by atoms with Crippen LogP contribution in [0.5, 0.6) is 5.75 Å². The molecule has 0 amide bonds. The zero-order valence-corrected chi connectivity index (χ0v) is 14.1. The molecule has 5 heteroatoms. The van der Waals surface area contributed by atoms with Gasteiger partial charge in [-0.15, -0.1) is 0 Å². The molecule has 0 aliphatic carbocycles. The summed E-state index contributed by atoms with van der Waals surface area (Å²) >= 11 is 9.29. The van der Waals surface area contributed by atoms with Crippen molar-refractivity contribution in [2.24, 2.45) is 0 Å². The molecule has 0 aromatic heterocycles. The number of methoxy groups -OCH3 is 1. The van der Waals surface area contributed by atoms with Crippen LogP contribution in [0.15, 0.2) is 40.9 Å². The minimum absolute atomic E-state index is 0.306. The first-order chi connectivity index (χ1) is 10.1. The van der Waals surface area contributed by atoms with Gasteiger partial charge in [0.15, 0.2) is 0 Å². The fourth-order valence-corrected chi connectivity index (χ4v) is 2.80. The third kappa shape index (κ3) is 3.76. The number of ether oxygens (including phenoxy) is 1. The van der Waals surface area contributed by atoms with Gasteiger partial charge in [0, 0.05) is 20.6 Å². The maximum absolute atomic E-state index is 14.3. The van der Waals surface area contributed by atoms with E-state index in [2.05, 4.69) is 21.2 Å². The Kier molecular flexibility index (Phi) is 5.62. The van der Waals surface area contributed by atoms with E-state index in [-0.39, 0.29) is 11.9 Å². The molecule has 0 radical (unpaired) electrons. The van der Waals surface area contributed by atoms with Gasteiger partial charge in [0.05, 0.1) is 13.2 Å². The van der Waals surface area contributed by atoms with Crippen LogP contribution in [0.4, 0.5) is 4.39 Å². The summed E-state index contributed by atoms with van der Waals surface area (Å²) in [6.45, 7) is 2.67. The minimum atomic E-state index is -0.338. The fraction of sp³-hybridized carbons (Fsp3) is 0.250. The molecule has 0 bridgehead atoms. The normalized spacial score (nSPS) is 12.2. The number of rotatable bonds is 5. The summed E-state index contributed by atoms with van der Waals surface area (Å²) in [5.41, 5.74) is 1.41. The number of halogens is 3. The van der Waals surface area contributed by atoms with Crippen molar-refractivity contribution in [1.29, 1.82) is 0 Å². The summed E-state index contributed by atoms with van der Waals surface area (Å²) in [6, 6.07) is 10.1. The van der Waals surface area contributed by atoms with Gasteiger partial charge in [0.25, 0.3) is 0 Å². The Morgan fingerprint density at radius 2 is 2.00 bits per heavy atom. The number of nitrogens with one attached hydrogen (secondary N) is 1. The van der Waals surface area contributed by atoms with Crippen LogP contribution >= 0.6 is 27.5 Å². The van der Waals surface area contributed by atoms with Gasteiger partial charge >= 0.3 is 0 Å². The van der Waals surface area contributed by atoms with Crippen LogP contribution in [0.3, 0.4) is 0 Å². The zero-order chi connectivity index (χ0) is 15.4. The molecule has 0 saturated carbocycles. The molecule has 1 N–H and O–H groups in total. The molecule has 1 atom stereocenters. The van der Waals surface area contributed by atoms with Crippen molar-refractivity contribution in [2.75, 3.05) is 13.7 Å². The third-order valence-electron chi connectivity index (χ3n) is 3.18. The molecule has 2 nitrogen and oxygen atoms in total. The minimum Gasteiger partial charge on any atom is -0.496 e. The first-order valence-electron chi connectivity index (χ1n) is 6.58. The van der Waals surface area contributed by atoms with E-state index in [4.69, 9.17) is 16.3 Å². The third-order valence-corrected chi connectivity index (χ3v) is 3.91. The smallest absolute Gasteiger partial charge is 0.129 e. The monoisotopic (exact) mass is 371 g/mol. The van der Waals surface area contributed by atoms with Crippen molar-refractivity contribution in [3.63, 3.8) is 0 Å². The summed E-state index contributed by atoms with van der Waals surface area (Å²) < 4.78 is 20.6. The molecule has 112 valence electrons. The van der Waals surface area contributed by atoms with Gasteiger partial charge in [-0.1, -0.05) is 40.5 Å². The molecular weight excluding hydrogens is 357 g/mol. The second kappa shape index (κ2) is 7.25. The van der Waals surface area contributed by atoms with Crippen LogP contribution in [0, 0.1) is 5.82 Å². The van der Waals surface area contributed by atoms with Gasteiger partial charge in [0.2, 0.25) is 0 Å². The standard InChI is InChI=1S/C16H16BrClFNO/c1-3-20-16(12-6-5-11(18)9-14(12)19)13-8-10(17)4-7-15(13)21-2/h4-9,16,20H,3H2,1-2H3. The second-order valence-electron chi connectivity index (χ2n) is 4.54. The molecule has 0 spiro atoms. The van der Waals surface area contributed by atoms with E-state index < -0.39 is 0 Å². The van der Waals surface area contributed by atoms with Crippen molar-refractivity contribution < 1.29 is 9.13 Å². The Morgan fingerprint density at radius 1 is 1.24 bits per heavy atom. The summed E-state index contributed by atoms with van der Waals surface area (Å²) in [4.78, 5) is 0. The van der Waals surface area contributed by atoms with Crippen molar-refractivity contribution in [2.45, 2.75) is 13.0 Å². The van der Waals surface area contributed by atoms with Crippen LogP contribution in [-0.2, 0) is 0 Å². The van der Waals surface area contributed by atoms with Crippen molar-refractivity contribution in [1.82, 2.24) is 5.32 Å². The number of hydrogen-bond acceptors (Lipinski definition) is 2. The lowest BCUT2D eigenvalue weighted by atomic mass is 9.97. The van der Waals surface area contributed by atoms with Crippen LogP contribution in [0.25, 0.3) is 0 Å². The summed E-state index contributed by atoms with van der Waals surface area (Å²) in [7, 11) is 1.61. The van der Waals surface area contributed by atoms with E-state index in [0.717, 1.165) is 10.0 Å². The van der Waals surface area contributed by atoms with Gasteiger partial charge in [0.1, 0.15) is 11.6 Å². The maximum atomic E-state index is 14.3. The maximum Gasteiger partial charge on any atom is 0.129 e. The van der Waals surface area contributed by atoms with Crippen LogP contribution in [0.1, 0.15) is 24.1 Å².